The van der Waals surface area contributed by atoms with Gasteiger partial charge in [-0.15, -0.1) is 0 Å². The average molecular weight is 1400 g/mol. The molecule has 0 radical (unpaired) electrons. The van der Waals surface area contributed by atoms with Crippen LogP contribution in [0.5, 0.6) is 0 Å². The largest absolute Gasteiger partial charge is 0.478 e. The monoisotopic (exact) mass is 1400 g/mol. The van der Waals surface area contributed by atoms with Gasteiger partial charge in [-0.25, -0.2) is 34.7 Å². The first kappa shape index (κ1) is 73.1. The van der Waals surface area contributed by atoms with Crippen molar-refractivity contribution in [1.82, 2.24) is 58.6 Å². The van der Waals surface area contributed by atoms with E-state index >= 15 is 0 Å². The van der Waals surface area contributed by atoms with E-state index in [0.717, 1.165) is 56.6 Å². The van der Waals surface area contributed by atoms with Gasteiger partial charge in [0.15, 0.2) is 23.7 Å². The lowest BCUT2D eigenvalue weighted by Crippen LogP contribution is -2.26. The predicted molar refractivity (Wildman–Crippen MR) is 425 cm³/mol. The van der Waals surface area contributed by atoms with Gasteiger partial charge in [-0.3, -0.25) is 47.8 Å². The molecule has 7 aromatic carbocycles. The van der Waals surface area contributed by atoms with Gasteiger partial charge >= 0.3 is 5.97 Å². The highest BCUT2D eigenvalue weighted by molar-refractivity contribution is 6.04. The molecule has 526 valence electrons. The number of pyridine rings is 6. The quantitative estimate of drug-likeness (QED) is 0.0517. The maximum atomic E-state index is 14.2. The van der Waals surface area contributed by atoms with Gasteiger partial charge in [-0.2, -0.15) is 0 Å². The van der Waals surface area contributed by atoms with E-state index in [9.17, 15) is 29.1 Å². The van der Waals surface area contributed by atoms with Crippen LogP contribution in [-0.2, 0) is 0 Å². The van der Waals surface area contributed by atoms with Crippen molar-refractivity contribution in [1.29, 1.82) is 0 Å². The zero-order valence-corrected chi connectivity index (χ0v) is 55.7. The maximum Gasteiger partial charge on any atom is 0.336 e. The molecule has 0 aliphatic heterocycles. The standard InChI is InChI=1S/C32H25N5O.C25H19N5O3.C25H19N5O2.3CH4/c1-22(36-31-30-27(34-21-35-31)16-9-19-33-30)28-20-25-13-8-12-24(18-17-23-10-4-2-5-11-23)29(25)32(38)37(28)26-14-6-3-7-15-26;1-15(29-23-22-19(27-14-28-23)11-6-12-26-22)20-13-16-7-5-10-18(25(32)33)21(16)24(31)30(20)17-8-3-2-4-9-17;1-16(29-24-23-20(27-15-28-24)11-6-12-26-23)21-13-17-7-5-8-18(14-31)22(17)25(32)30(21)19-9-3-2-4-10-19;;;/h2-22H,1H3,(H,34,35,36);2-15H,1H3,(H,32,33)(H,27,28,29);2-16H,1H3,(H,27,28,29);3*1H4/b18-17+;;;;;/t22-;15-;16-;;;/m000.../s1. The smallest absolute Gasteiger partial charge is 0.336 e. The third-order valence-electron chi connectivity index (χ3n) is 17.5. The molecule has 9 heterocycles. The fraction of sp³-hybridized carbons (Fsp3) is 0.106. The Morgan fingerprint density at radius 1 is 0.377 bits per heavy atom. The number of nitrogens with one attached hydrogen (secondary N) is 3. The number of rotatable bonds is 16. The number of carboxylic acid groups (broad SMARTS) is 1. The van der Waals surface area contributed by atoms with Crippen LogP contribution >= 0.6 is 0 Å². The Hall–Kier alpha value is -14.1. The Morgan fingerprint density at radius 2 is 0.717 bits per heavy atom. The second kappa shape index (κ2) is 32.7. The molecule has 0 aliphatic carbocycles. The number of anilines is 3. The molecular formula is C85H75N15O6. The predicted octanol–water partition coefficient (Wildman–Crippen LogP) is 17.1. The molecule has 21 heteroatoms. The molecule has 106 heavy (non-hydrogen) atoms. The Morgan fingerprint density at radius 3 is 1.09 bits per heavy atom. The molecule has 4 N–H and O–H groups in total. The normalized spacial score (nSPS) is 11.8. The molecule has 0 spiro atoms. The minimum atomic E-state index is -1.14. The van der Waals surface area contributed by atoms with Gasteiger partial charge in [0.05, 0.1) is 56.4 Å². The number of aromatic nitrogens is 12. The lowest BCUT2D eigenvalue weighted by molar-refractivity contribution is 0.0698. The highest BCUT2D eigenvalue weighted by Gasteiger charge is 2.24. The van der Waals surface area contributed by atoms with E-state index in [0.29, 0.717) is 78.0 Å². The third-order valence-corrected chi connectivity index (χ3v) is 17.5. The van der Waals surface area contributed by atoms with E-state index < -0.39 is 11.5 Å². The Kier molecular flexibility index (Phi) is 22.6. The molecule has 0 saturated carbocycles. The van der Waals surface area contributed by atoms with Crippen LogP contribution in [0.3, 0.4) is 0 Å². The lowest BCUT2D eigenvalue weighted by Gasteiger charge is -2.22. The van der Waals surface area contributed by atoms with Gasteiger partial charge in [-0.1, -0.05) is 168 Å². The number of nitrogens with zero attached hydrogens (tertiary/aromatic N) is 12. The minimum Gasteiger partial charge on any atom is -0.478 e. The van der Waals surface area contributed by atoms with Gasteiger partial charge in [0, 0.05) is 58.3 Å². The number of benzene rings is 7. The van der Waals surface area contributed by atoms with Crippen molar-refractivity contribution in [3.8, 4) is 17.1 Å². The summed E-state index contributed by atoms with van der Waals surface area (Å²) < 4.78 is 4.98. The summed E-state index contributed by atoms with van der Waals surface area (Å²) in [6, 6.07) is 70.5. The molecule has 21 nitrogen and oxygen atoms in total. The van der Waals surface area contributed by atoms with Gasteiger partial charge in [0.25, 0.3) is 16.7 Å². The van der Waals surface area contributed by atoms with Crippen LogP contribution in [0.2, 0.25) is 0 Å². The summed E-state index contributed by atoms with van der Waals surface area (Å²) in [4.78, 5) is 104. The first-order valence-corrected chi connectivity index (χ1v) is 33.0. The number of hydrogen-bond donors (Lipinski definition) is 4. The van der Waals surface area contributed by atoms with Crippen LogP contribution in [-0.4, -0.2) is 75.9 Å². The molecule has 0 aliphatic rings. The first-order valence-electron chi connectivity index (χ1n) is 33.0. The summed E-state index contributed by atoms with van der Waals surface area (Å²) >= 11 is 0. The van der Waals surface area contributed by atoms with Crippen LogP contribution in [0, 0.1) is 0 Å². The van der Waals surface area contributed by atoms with Crippen LogP contribution in [0.15, 0.2) is 282 Å². The highest BCUT2D eigenvalue weighted by atomic mass is 16.4. The fourth-order valence-electron chi connectivity index (χ4n) is 12.7. The topological polar surface area (TPSA) is 272 Å². The number of para-hydroxylation sites is 3. The number of carboxylic acids is 1. The summed E-state index contributed by atoms with van der Waals surface area (Å²) in [6.45, 7) is 5.90. The second-order valence-corrected chi connectivity index (χ2v) is 24.1. The van der Waals surface area contributed by atoms with Gasteiger partial charge < -0.3 is 21.1 Å². The molecule has 16 rings (SSSR count). The average Bonchev–Trinajstić information content (AvgIpc) is 0.774. The third kappa shape index (κ3) is 15.0. The van der Waals surface area contributed by atoms with Crippen LogP contribution < -0.4 is 32.6 Å². The highest BCUT2D eigenvalue weighted by Crippen LogP contribution is 2.32. The van der Waals surface area contributed by atoms with Gasteiger partial charge in [0.2, 0.25) is 0 Å². The molecule has 9 aromatic heterocycles. The molecule has 3 atom stereocenters. The van der Waals surface area contributed by atoms with Crippen molar-refractivity contribution in [2.45, 2.75) is 61.2 Å². The number of fused-ring (bicyclic) bond motifs is 6. The lowest BCUT2D eigenvalue weighted by atomic mass is 10.0. The van der Waals surface area contributed by atoms with E-state index in [1.165, 1.54) is 25.0 Å². The maximum absolute atomic E-state index is 14.2. The Bertz CT molecular complexity index is 6070. The number of hydrogen-bond acceptors (Lipinski definition) is 17. The van der Waals surface area contributed by atoms with Crippen LogP contribution in [0.25, 0.3) is 94.6 Å². The summed E-state index contributed by atoms with van der Waals surface area (Å²) in [6.07, 6.45) is 14.3. The summed E-state index contributed by atoms with van der Waals surface area (Å²) in [5, 5.41) is 23.3. The second-order valence-electron chi connectivity index (χ2n) is 24.1. The SMILES string of the molecule is C.C.C.C[C@H](Nc1ncnc2cccnc12)c1cc2cccc(/C=C/c3ccccc3)c2c(=O)n1-c1ccccc1.C[C@H](Nc1ncnc2cccnc12)c1cc2cccc(C(=O)O)c2c(=O)n1-c1ccccc1.C[C@H](Nc1ncnc2cccnc12)c1cc2cccc(C=O)c2c(=O)n1-c1ccccc1. The number of carbonyl (C=O) groups excluding carboxylic acids is 1. The van der Waals surface area contributed by atoms with Crippen molar-refractivity contribution in [3.63, 3.8) is 0 Å². The van der Waals surface area contributed by atoms with Crippen molar-refractivity contribution >= 4 is 107 Å². The molecule has 0 fully saturated rings. The number of carbonyl (C=O) groups is 2. The zero-order valence-electron chi connectivity index (χ0n) is 55.7. The Balaban J connectivity index is 0.000000157. The van der Waals surface area contributed by atoms with Crippen molar-refractivity contribution in [3.05, 3.63) is 338 Å². The van der Waals surface area contributed by atoms with Crippen LogP contribution in [0.1, 0.15) is 110 Å². The molecule has 0 unspecified atom stereocenters. The summed E-state index contributed by atoms with van der Waals surface area (Å²) in [5.41, 5.74) is 10.1. The van der Waals surface area contributed by atoms with Crippen LogP contribution in [0.4, 0.5) is 17.5 Å². The fourth-order valence-corrected chi connectivity index (χ4v) is 12.7. The molecule has 16 aromatic rings. The molecule has 0 saturated heterocycles. The van der Waals surface area contributed by atoms with Gasteiger partial charge in [0.1, 0.15) is 35.5 Å². The first-order chi connectivity index (χ1) is 50.4. The van der Waals surface area contributed by atoms with Crippen molar-refractivity contribution in [2.75, 3.05) is 16.0 Å². The van der Waals surface area contributed by atoms with E-state index in [4.69, 9.17) is 0 Å². The number of aromatic carboxylic acids is 1. The molecule has 0 bridgehead atoms. The minimum absolute atomic E-state index is 0. The summed E-state index contributed by atoms with van der Waals surface area (Å²) in [5.74, 6) is 0.598. The van der Waals surface area contributed by atoms with Crippen molar-refractivity contribution < 1.29 is 14.7 Å². The molecular weight excluding hydrogens is 1330 g/mol. The van der Waals surface area contributed by atoms with E-state index in [1.807, 2.05) is 221 Å². The molecule has 0 amide bonds. The van der Waals surface area contributed by atoms with E-state index in [2.05, 4.69) is 66.9 Å². The van der Waals surface area contributed by atoms with E-state index in [-0.39, 0.29) is 62.5 Å². The van der Waals surface area contributed by atoms with Gasteiger partial charge in [-0.05, 0) is 145 Å². The number of aldehydes is 1. The Labute approximate surface area is 610 Å². The van der Waals surface area contributed by atoms with Crippen molar-refractivity contribution in [2.24, 2.45) is 0 Å². The summed E-state index contributed by atoms with van der Waals surface area (Å²) in [7, 11) is 0. The van der Waals surface area contributed by atoms with E-state index in [1.54, 1.807) is 62.6 Å². The zero-order chi connectivity index (χ0) is 70.9.